The van der Waals surface area contributed by atoms with Crippen LogP contribution in [0.25, 0.3) is 0 Å². The minimum atomic E-state index is -1.34. The van der Waals surface area contributed by atoms with Crippen LogP contribution in [0.2, 0.25) is 0 Å². The molecule has 1 atom stereocenters. The third-order valence-electron chi connectivity index (χ3n) is 5.00. The molecule has 0 radical (unpaired) electrons. The highest BCUT2D eigenvalue weighted by Gasteiger charge is 2.24. The fourth-order valence-electron chi connectivity index (χ4n) is 3.57. The van der Waals surface area contributed by atoms with Crippen molar-refractivity contribution in [2.45, 2.75) is 63.8 Å². The molecule has 0 spiro atoms. The second-order valence-corrected chi connectivity index (χ2v) is 6.85. The molecule has 0 amide bonds. The summed E-state index contributed by atoms with van der Waals surface area (Å²) in [5, 5.41) is 12.2. The van der Waals surface area contributed by atoms with E-state index in [1.54, 1.807) is 0 Å². The minimum absolute atomic E-state index is 0.526. The molecule has 24 heavy (non-hydrogen) atoms. The maximum absolute atomic E-state index is 11.9. The Morgan fingerprint density at radius 1 is 1.12 bits per heavy atom. The van der Waals surface area contributed by atoms with Crippen LogP contribution in [0, 0.1) is 5.92 Å². The topological polar surface area (TPSA) is 66.4 Å². The Balaban J connectivity index is 1.75. The largest absolute Gasteiger partial charge is 0.475 e. The van der Waals surface area contributed by atoms with Gasteiger partial charge in [0.25, 0.3) is 5.78 Å². The predicted octanol–water partition coefficient (Wildman–Crippen LogP) is 3.59. The normalized spacial score (nSPS) is 16.7. The van der Waals surface area contributed by atoms with Crippen LogP contribution in [0.1, 0.15) is 56.9 Å². The number of rotatable bonds is 10. The maximum Gasteiger partial charge on any atom is 0.373 e. The first-order valence-corrected chi connectivity index (χ1v) is 9.21. The molecule has 1 saturated carbocycles. The van der Waals surface area contributed by atoms with Gasteiger partial charge in [0, 0.05) is 0 Å². The zero-order chi connectivity index (χ0) is 17.2. The minimum Gasteiger partial charge on any atom is -0.475 e. The van der Waals surface area contributed by atoms with Crippen LogP contribution in [0.15, 0.2) is 30.3 Å². The first kappa shape index (κ1) is 18.7. The number of aliphatic carboxylic acids is 1. The number of carboxylic acid groups (broad SMARTS) is 1. The van der Waals surface area contributed by atoms with Crippen molar-refractivity contribution in [2.75, 3.05) is 6.54 Å². The van der Waals surface area contributed by atoms with Crippen molar-refractivity contribution >= 4 is 11.8 Å². The summed E-state index contributed by atoms with van der Waals surface area (Å²) in [6, 6.07) is 9.29. The number of hydrogen-bond donors (Lipinski definition) is 2. The van der Waals surface area contributed by atoms with Crippen molar-refractivity contribution in [3.8, 4) is 0 Å². The lowest BCUT2D eigenvalue weighted by molar-refractivity contribution is -0.150. The Labute approximate surface area is 144 Å². The van der Waals surface area contributed by atoms with Crippen molar-refractivity contribution in [3.63, 3.8) is 0 Å². The van der Waals surface area contributed by atoms with Gasteiger partial charge < -0.3 is 10.4 Å². The zero-order valence-corrected chi connectivity index (χ0v) is 14.4. The van der Waals surface area contributed by atoms with Crippen LogP contribution in [0.5, 0.6) is 0 Å². The molecule has 0 heterocycles. The Morgan fingerprint density at radius 2 is 1.83 bits per heavy atom. The fourth-order valence-corrected chi connectivity index (χ4v) is 3.57. The van der Waals surface area contributed by atoms with Gasteiger partial charge in [0.2, 0.25) is 0 Å². The number of aryl methyl sites for hydroxylation is 1. The summed E-state index contributed by atoms with van der Waals surface area (Å²) < 4.78 is 0. The van der Waals surface area contributed by atoms with Crippen LogP contribution in [0.4, 0.5) is 0 Å². The third-order valence-corrected chi connectivity index (χ3v) is 5.00. The van der Waals surface area contributed by atoms with Crippen LogP contribution in [0.3, 0.4) is 0 Å². The monoisotopic (exact) mass is 331 g/mol. The second-order valence-electron chi connectivity index (χ2n) is 6.85. The van der Waals surface area contributed by atoms with Gasteiger partial charge in [-0.05, 0) is 43.7 Å². The van der Waals surface area contributed by atoms with E-state index in [1.807, 2.05) is 30.3 Å². The van der Waals surface area contributed by atoms with Gasteiger partial charge in [-0.2, -0.15) is 0 Å². The van der Waals surface area contributed by atoms with Gasteiger partial charge in [0.15, 0.2) is 0 Å². The Bertz CT molecular complexity index is 509. The summed E-state index contributed by atoms with van der Waals surface area (Å²) in [7, 11) is 0. The summed E-state index contributed by atoms with van der Waals surface area (Å²) in [6.07, 6.45) is 10.1. The van der Waals surface area contributed by atoms with E-state index in [1.165, 1.54) is 38.5 Å². The highest BCUT2D eigenvalue weighted by Crippen LogP contribution is 2.27. The Kier molecular flexibility index (Phi) is 7.96. The number of ketones is 1. The molecule has 0 aromatic heterocycles. The summed E-state index contributed by atoms with van der Waals surface area (Å²) in [6.45, 7) is 0.717. The van der Waals surface area contributed by atoms with Gasteiger partial charge in [-0.3, -0.25) is 4.79 Å². The number of carbonyl (C=O) groups is 2. The summed E-state index contributed by atoms with van der Waals surface area (Å²) >= 11 is 0. The molecule has 1 aliphatic carbocycles. The predicted molar refractivity (Wildman–Crippen MR) is 95.0 cm³/mol. The first-order chi connectivity index (χ1) is 11.7. The molecule has 1 aromatic rings. The number of hydrogen-bond acceptors (Lipinski definition) is 3. The van der Waals surface area contributed by atoms with Gasteiger partial charge in [-0.25, -0.2) is 4.79 Å². The molecule has 4 heteroatoms. The smallest absolute Gasteiger partial charge is 0.373 e. The molecule has 2 rings (SSSR count). The molecule has 2 N–H and O–H groups in total. The van der Waals surface area contributed by atoms with E-state index >= 15 is 0 Å². The van der Waals surface area contributed by atoms with E-state index in [0.717, 1.165) is 24.4 Å². The van der Waals surface area contributed by atoms with Crippen LogP contribution < -0.4 is 5.32 Å². The quantitative estimate of drug-likeness (QED) is 0.508. The number of benzene rings is 1. The van der Waals surface area contributed by atoms with E-state index in [2.05, 4.69) is 5.32 Å². The third kappa shape index (κ3) is 6.44. The molecule has 1 aliphatic rings. The van der Waals surface area contributed by atoms with Crippen molar-refractivity contribution in [1.82, 2.24) is 5.32 Å². The van der Waals surface area contributed by atoms with E-state index in [-0.39, 0.29) is 0 Å². The summed E-state index contributed by atoms with van der Waals surface area (Å²) in [5.74, 6) is -1.24. The highest BCUT2D eigenvalue weighted by molar-refractivity contribution is 6.34. The standard InChI is InChI=1S/C20H29NO3/c22-19(20(23)24)18(14-13-17-10-5-2-6-11-17)21-15-7-12-16-8-3-1-4-9-16/h2,5-6,10-11,16,18,21H,1,3-4,7-9,12-15H2,(H,23,24). The Morgan fingerprint density at radius 3 is 2.50 bits per heavy atom. The molecule has 1 unspecified atom stereocenters. The summed E-state index contributed by atoms with van der Waals surface area (Å²) in [5.41, 5.74) is 1.13. The van der Waals surface area contributed by atoms with Gasteiger partial charge >= 0.3 is 5.97 Å². The van der Waals surface area contributed by atoms with Gasteiger partial charge in [-0.15, -0.1) is 0 Å². The second kappa shape index (κ2) is 10.2. The lowest BCUT2D eigenvalue weighted by Gasteiger charge is -2.22. The van der Waals surface area contributed by atoms with Crippen molar-refractivity contribution in [1.29, 1.82) is 0 Å². The van der Waals surface area contributed by atoms with Crippen LogP contribution >= 0.6 is 0 Å². The molecule has 132 valence electrons. The van der Waals surface area contributed by atoms with Crippen molar-refractivity contribution in [3.05, 3.63) is 35.9 Å². The average Bonchev–Trinajstić information content (AvgIpc) is 2.62. The number of Topliss-reactive ketones (excluding diaryl/α,β-unsaturated/α-hetero) is 1. The molecular weight excluding hydrogens is 302 g/mol. The molecular formula is C20H29NO3. The number of carboxylic acids is 1. The van der Waals surface area contributed by atoms with Gasteiger partial charge in [0.05, 0.1) is 6.04 Å². The van der Waals surface area contributed by atoms with E-state index in [0.29, 0.717) is 12.8 Å². The zero-order valence-electron chi connectivity index (χ0n) is 14.4. The van der Waals surface area contributed by atoms with Gasteiger partial charge in [0.1, 0.15) is 0 Å². The van der Waals surface area contributed by atoms with Crippen LogP contribution in [-0.2, 0) is 16.0 Å². The van der Waals surface area contributed by atoms with E-state index in [9.17, 15) is 9.59 Å². The average molecular weight is 331 g/mol. The Hall–Kier alpha value is -1.68. The van der Waals surface area contributed by atoms with E-state index < -0.39 is 17.8 Å². The molecule has 0 bridgehead atoms. The number of nitrogens with one attached hydrogen (secondary N) is 1. The van der Waals surface area contributed by atoms with Gasteiger partial charge in [-0.1, -0.05) is 62.4 Å². The molecule has 1 fully saturated rings. The molecule has 0 saturated heterocycles. The van der Waals surface area contributed by atoms with E-state index in [4.69, 9.17) is 5.11 Å². The lowest BCUT2D eigenvalue weighted by Crippen LogP contribution is -2.41. The fraction of sp³-hybridized carbons (Fsp3) is 0.600. The first-order valence-electron chi connectivity index (χ1n) is 9.21. The molecule has 0 aliphatic heterocycles. The SMILES string of the molecule is O=C(O)C(=O)C(CCc1ccccc1)NCCCC1CCCCC1. The summed E-state index contributed by atoms with van der Waals surface area (Å²) in [4.78, 5) is 22.9. The number of carbonyl (C=O) groups excluding carboxylic acids is 1. The van der Waals surface area contributed by atoms with Crippen molar-refractivity contribution < 1.29 is 14.7 Å². The molecule has 4 nitrogen and oxygen atoms in total. The molecule has 1 aromatic carbocycles. The maximum atomic E-state index is 11.9. The lowest BCUT2D eigenvalue weighted by atomic mass is 9.86. The highest BCUT2D eigenvalue weighted by atomic mass is 16.4. The van der Waals surface area contributed by atoms with Crippen molar-refractivity contribution in [2.24, 2.45) is 5.92 Å². The van der Waals surface area contributed by atoms with Crippen LogP contribution in [-0.4, -0.2) is 29.4 Å².